The van der Waals surface area contributed by atoms with E-state index < -0.39 is 0 Å². The summed E-state index contributed by atoms with van der Waals surface area (Å²) in [5.41, 5.74) is 4.30. The van der Waals surface area contributed by atoms with Gasteiger partial charge in [-0.3, -0.25) is 11.3 Å². The van der Waals surface area contributed by atoms with E-state index in [0.717, 1.165) is 25.9 Å². The van der Waals surface area contributed by atoms with Gasteiger partial charge in [-0.1, -0.05) is 25.5 Å². The molecule has 1 rings (SSSR count). The van der Waals surface area contributed by atoms with E-state index in [0.29, 0.717) is 0 Å². The van der Waals surface area contributed by atoms with Gasteiger partial charge in [0.2, 0.25) is 0 Å². The molecule has 0 aliphatic heterocycles. The number of nitrogens with two attached hydrogens (primary N) is 1. The Morgan fingerprint density at radius 1 is 1.35 bits per heavy atom. The maximum atomic E-state index is 6.05. The molecular formula is C14H28N2O. The fourth-order valence-corrected chi connectivity index (χ4v) is 2.96. The van der Waals surface area contributed by atoms with E-state index in [9.17, 15) is 0 Å². The van der Waals surface area contributed by atoms with Crippen molar-refractivity contribution in [2.24, 2.45) is 5.84 Å². The van der Waals surface area contributed by atoms with Crippen LogP contribution in [0.4, 0.5) is 0 Å². The number of hydrogen-bond donors (Lipinski definition) is 2. The molecule has 17 heavy (non-hydrogen) atoms. The average molecular weight is 240 g/mol. The third-order valence-electron chi connectivity index (χ3n) is 4.02. The van der Waals surface area contributed by atoms with Crippen LogP contribution >= 0.6 is 0 Å². The van der Waals surface area contributed by atoms with E-state index >= 15 is 0 Å². The Kier molecular flexibility index (Phi) is 6.17. The van der Waals surface area contributed by atoms with Crippen molar-refractivity contribution in [1.29, 1.82) is 0 Å². The molecule has 1 aliphatic carbocycles. The van der Waals surface area contributed by atoms with Gasteiger partial charge in [-0.2, -0.15) is 0 Å². The van der Waals surface area contributed by atoms with Crippen molar-refractivity contribution < 1.29 is 4.74 Å². The lowest BCUT2D eigenvalue weighted by molar-refractivity contribution is -0.0645. The summed E-state index contributed by atoms with van der Waals surface area (Å²) in [4.78, 5) is 0. The Labute approximate surface area is 106 Å². The molecule has 3 heteroatoms. The molecule has 0 fully saturated rings. The van der Waals surface area contributed by atoms with Crippen LogP contribution < -0.4 is 11.3 Å². The molecule has 0 radical (unpaired) electrons. The number of rotatable bonds is 7. The summed E-state index contributed by atoms with van der Waals surface area (Å²) in [7, 11) is 0. The Balaban J connectivity index is 2.90. The second-order valence-corrected chi connectivity index (χ2v) is 4.83. The normalized spacial score (nSPS) is 18.9. The molecule has 3 nitrogen and oxygen atoms in total. The van der Waals surface area contributed by atoms with Gasteiger partial charge in [-0.25, -0.2) is 0 Å². The predicted octanol–water partition coefficient (Wildman–Crippen LogP) is 2.91. The van der Waals surface area contributed by atoms with Crippen LogP contribution in [0.5, 0.6) is 0 Å². The number of nitrogens with one attached hydrogen (secondary N) is 1. The number of allylic oxidation sites excluding steroid dienone is 1. The Bertz CT molecular complexity index is 247. The Morgan fingerprint density at radius 2 is 2.06 bits per heavy atom. The first-order valence-electron chi connectivity index (χ1n) is 7.03. The largest absolute Gasteiger partial charge is 0.373 e. The first-order valence-corrected chi connectivity index (χ1v) is 7.03. The van der Waals surface area contributed by atoms with Crippen molar-refractivity contribution >= 4 is 0 Å². The molecule has 0 heterocycles. The molecule has 0 amide bonds. The van der Waals surface area contributed by atoms with Gasteiger partial charge in [0.1, 0.15) is 0 Å². The molecule has 0 aromatic carbocycles. The molecule has 0 spiro atoms. The van der Waals surface area contributed by atoms with Gasteiger partial charge in [0, 0.05) is 6.61 Å². The monoisotopic (exact) mass is 240 g/mol. The second kappa shape index (κ2) is 7.14. The van der Waals surface area contributed by atoms with Crippen LogP contribution in [0.25, 0.3) is 0 Å². The highest BCUT2D eigenvalue weighted by Crippen LogP contribution is 2.32. The van der Waals surface area contributed by atoms with Crippen LogP contribution in [0.2, 0.25) is 0 Å². The lowest BCUT2D eigenvalue weighted by atomic mass is 9.80. The summed E-state index contributed by atoms with van der Waals surface area (Å²) in [5.74, 6) is 5.80. The second-order valence-electron chi connectivity index (χ2n) is 4.83. The van der Waals surface area contributed by atoms with Crippen molar-refractivity contribution in [2.45, 2.75) is 70.9 Å². The van der Waals surface area contributed by atoms with Crippen LogP contribution in [-0.4, -0.2) is 18.2 Å². The minimum atomic E-state index is -0.146. The Hall–Kier alpha value is -0.380. The molecule has 0 saturated heterocycles. The highest BCUT2D eigenvalue weighted by Gasteiger charge is 2.38. The molecule has 0 aromatic rings. The summed E-state index contributed by atoms with van der Waals surface area (Å²) >= 11 is 0. The molecule has 0 aromatic heterocycles. The lowest BCUT2D eigenvalue weighted by Gasteiger charge is -2.41. The molecule has 1 unspecified atom stereocenters. The van der Waals surface area contributed by atoms with Gasteiger partial charge >= 0.3 is 0 Å². The molecule has 0 saturated carbocycles. The van der Waals surface area contributed by atoms with E-state index in [1.165, 1.54) is 24.8 Å². The number of hydrazine groups is 1. The Morgan fingerprint density at radius 3 is 2.47 bits per heavy atom. The van der Waals surface area contributed by atoms with Crippen molar-refractivity contribution in [3.05, 3.63) is 11.6 Å². The van der Waals surface area contributed by atoms with Gasteiger partial charge < -0.3 is 4.74 Å². The van der Waals surface area contributed by atoms with Crippen molar-refractivity contribution in [3.63, 3.8) is 0 Å². The summed E-state index contributed by atoms with van der Waals surface area (Å²) in [5, 5.41) is 0. The van der Waals surface area contributed by atoms with Crippen LogP contribution in [0.1, 0.15) is 59.3 Å². The zero-order valence-electron chi connectivity index (χ0n) is 11.6. The summed E-state index contributed by atoms with van der Waals surface area (Å²) in [6, 6.07) is 0.165. The molecule has 100 valence electrons. The third kappa shape index (κ3) is 3.30. The van der Waals surface area contributed by atoms with Gasteiger partial charge in [0.15, 0.2) is 0 Å². The highest BCUT2D eigenvalue weighted by atomic mass is 16.5. The average Bonchev–Trinajstić information content (AvgIpc) is 2.39. The molecule has 3 N–H and O–H groups in total. The van der Waals surface area contributed by atoms with Crippen molar-refractivity contribution in [3.8, 4) is 0 Å². The van der Waals surface area contributed by atoms with Crippen molar-refractivity contribution in [1.82, 2.24) is 5.43 Å². The van der Waals surface area contributed by atoms with E-state index in [4.69, 9.17) is 10.6 Å². The third-order valence-corrected chi connectivity index (χ3v) is 4.02. The quantitative estimate of drug-likeness (QED) is 0.408. The summed E-state index contributed by atoms with van der Waals surface area (Å²) in [6.07, 6.45) is 9.26. The maximum Gasteiger partial charge on any atom is 0.0880 e. The molecule has 0 bridgehead atoms. The zero-order valence-corrected chi connectivity index (χ0v) is 11.6. The van der Waals surface area contributed by atoms with Crippen LogP contribution in [0, 0.1) is 0 Å². The minimum absolute atomic E-state index is 0.146. The van der Waals surface area contributed by atoms with Gasteiger partial charge in [0.25, 0.3) is 0 Å². The van der Waals surface area contributed by atoms with E-state index in [1.54, 1.807) is 0 Å². The van der Waals surface area contributed by atoms with Crippen molar-refractivity contribution in [2.75, 3.05) is 6.61 Å². The maximum absolute atomic E-state index is 6.05. The standard InChI is InChI=1S/C14H28N2O/c1-4-14(5-2,17-6-3)13(16-15)12-10-8-7-9-11-12/h10,13,16H,4-9,11,15H2,1-3H3. The first-order chi connectivity index (χ1) is 8.24. The number of hydrogen-bond acceptors (Lipinski definition) is 3. The van der Waals surface area contributed by atoms with E-state index in [1.807, 2.05) is 0 Å². The van der Waals surface area contributed by atoms with Gasteiger partial charge in [-0.15, -0.1) is 0 Å². The van der Waals surface area contributed by atoms with Crippen LogP contribution in [0.3, 0.4) is 0 Å². The molecular weight excluding hydrogens is 212 g/mol. The topological polar surface area (TPSA) is 47.3 Å². The fourth-order valence-electron chi connectivity index (χ4n) is 2.96. The minimum Gasteiger partial charge on any atom is -0.373 e. The van der Waals surface area contributed by atoms with Crippen LogP contribution in [0.15, 0.2) is 11.6 Å². The van der Waals surface area contributed by atoms with Gasteiger partial charge in [0.05, 0.1) is 11.6 Å². The number of ether oxygens (including phenoxy) is 1. The van der Waals surface area contributed by atoms with Gasteiger partial charge in [-0.05, 0) is 45.4 Å². The highest BCUT2D eigenvalue weighted by molar-refractivity contribution is 5.19. The predicted molar refractivity (Wildman–Crippen MR) is 72.6 cm³/mol. The summed E-state index contributed by atoms with van der Waals surface area (Å²) < 4.78 is 6.05. The lowest BCUT2D eigenvalue weighted by Crippen LogP contribution is -2.55. The fraction of sp³-hybridized carbons (Fsp3) is 0.857. The van der Waals surface area contributed by atoms with Crippen LogP contribution in [-0.2, 0) is 4.74 Å². The SMILES string of the molecule is CCOC(CC)(CC)C(NN)C1=CCCCC1. The first kappa shape index (κ1) is 14.7. The summed E-state index contributed by atoms with van der Waals surface area (Å²) in [6.45, 7) is 7.18. The van der Waals surface area contributed by atoms with E-state index in [-0.39, 0.29) is 11.6 Å². The zero-order chi connectivity index (χ0) is 12.7. The van der Waals surface area contributed by atoms with E-state index in [2.05, 4.69) is 32.3 Å². The molecule has 1 atom stereocenters. The smallest absolute Gasteiger partial charge is 0.0880 e. The molecule has 1 aliphatic rings.